The number of carboxylic acids is 1. The van der Waals surface area contributed by atoms with Crippen LogP contribution in [0.25, 0.3) is 0 Å². The zero-order valence-corrected chi connectivity index (χ0v) is 50.6. The summed E-state index contributed by atoms with van der Waals surface area (Å²) in [6.07, 6.45) is 75.4. The number of hydrogen-bond acceptors (Lipinski definition) is 7. The van der Waals surface area contributed by atoms with Crippen molar-refractivity contribution < 1.29 is 42.9 Å². The number of carbonyl (C=O) groups is 3. The Morgan fingerprint density at radius 2 is 0.740 bits per heavy atom. The Bertz CT molecular complexity index is 1540. The molecule has 0 bridgehead atoms. The molecule has 0 fully saturated rings. The van der Waals surface area contributed by atoms with E-state index in [2.05, 4.69) is 98.9 Å². The smallest absolute Gasteiger partial charge is 0.361 e. The van der Waals surface area contributed by atoms with Gasteiger partial charge in [0.2, 0.25) is 0 Å². The van der Waals surface area contributed by atoms with Gasteiger partial charge in [-0.15, -0.1) is 0 Å². The molecule has 0 aromatic rings. The number of unbranched alkanes of at least 4 members (excludes halogenated alkanes) is 29. The highest BCUT2D eigenvalue weighted by Crippen LogP contribution is 2.17. The van der Waals surface area contributed by atoms with Crippen molar-refractivity contribution in [3.8, 4) is 0 Å². The molecule has 0 aliphatic carbocycles. The summed E-state index contributed by atoms with van der Waals surface area (Å²) >= 11 is 0. The van der Waals surface area contributed by atoms with Crippen LogP contribution in [0.1, 0.15) is 271 Å². The standard InChI is InChI=1S/C68H119NO8/c1-6-8-10-12-14-16-18-20-22-24-26-28-29-30-31-32-33-34-35-36-37-39-40-42-44-46-48-50-52-54-56-58-65(70)75-62-64(63-76-68(67(72)73)74-61-60-69(3,4)5)77-66(71)59-57-55-53-51-49-47-45-43-41-38-27-25-23-21-19-17-15-13-11-9-7-2/h9,11,15,17-18,20-21,23-24,26-27,38,43,45,64,68H,6-8,10,12-14,16,19,22,25,28-37,39-42,44,46-63H2,1-5H3/p+1/b11-9-,17-15-,20-18-,23-21-,26-24-,38-27-,45-43-. The van der Waals surface area contributed by atoms with Crippen molar-refractivity contribution in [2.75, 3.05) is 47.5 Å². The predicted molar refractivity (Wildman–Crippen MR) is 327 cm³/mol. The van der Waals surface area contributed by atoms with Crippen molar-refractivity contribution in [1.29, 1.82) is 0 Å². The van der Waals surface area contributed by atoms with E-state index in [0.717, 1.165) is 89.9 Å². The van der Waals surface area contributed by atoms with Crippen molar-refractivity contribution >= 4 is 17.9 Å². The van der Waals surface area contributed by atoms with E-state index < -0.39 is 24.3 Å². The van der Waals surface area contributed by atoms with Crippen LogP contribution >= 0.6 is 0 Å². The summed E-state index contributed by atoms with van der Waals surface area (Å²) in [6, 6.07) is 0. The van der Waals surface area contributed by atoms with Gasteiger partial charge >= 0.3 is 17.9 Å². The summed E-state index contributed by atoms with van der Waals surface area (Å²) in [4.78, 5) is 37.5. The van der Waals surface area contributed by atoms with Gasteiger partial charge in [0.15, 0.2) is 6.10 Å². The van der Waals surface area contributed by atoms with Gasteiger partial charge in [-0.3, -0.25) is 9.59 Å². The fourth-order valence-corrected chi connectivity index (χ4v) is 8.78. The van der Waals surface area contributed by atoms with E-state index in [4.69, 9.17) is 18.9 Å². The Balaban J connectivity index is 4.16. The summed E-state index contributed by atoms with van der Waals surface area (Å²) in [7, 11) is 5.96. The van der Waals surface area contributed by atoms with Gasteiger partial charge in [0.25, 0.3) is 6.29 Å². The second-order valence-corrected chi connectivity index (χ2v) is 22.3. The molecule has 0 amide bonds. The molecule has 0 aromatic carbocycles. The van der Waals surface area contributed by atoms with Crippen molar-refractivity contribution in [3.05, 3.63) is 85.1 Å². The number of quaternary nitrogens is 1. The van der Waals surface area contributed by atoms with Crippen LogP contribution in [-0.2, 0) is 33.3 Å². The fraction of sp³-hybridized carbons (Fsp3) is 0.750. The van der Waals surface area contributed by atoms with E-state index in [-0.39, 0.29) is 32.2 Å². The average Bonchev–Trinajstić information content (AvgIpc) is 3.40. The molecule has 0 saturated heterocycles. The second-order valence-electron chi connectivity index (χ2n) is 22.3. The van der Waals surface area contributed by atoms with Crippen LogP contribution < -0.4 is 0 Å². The SMILES string of the molecule is CC/C=C\C/C=C\C/C=C\C/C=C\C/C=C\CCCCCCCC(=O)OC(COC(=O)CCCCCCCCCCCCCCCCCCCCC/C=C\C/C=C\CCCCCCC)COC(OCC[N+](C)(C)C)C(=O)O. The first-order valence-corrected chi connectivity index (χ1v) is 31.8. The van der Waals surface area contributed by atoms with Crippen molar-refractivity contribution in [2.45, 2.75) is 283 Å². The van der Waals surface area contributed by atoms with Crippen LogP contribution in [-0.4, -0.2) is 87.4 Å². The summed E-state index contributed by atoms with van der Waals surface area (Å²) in [5.74, 6) is -2.03. The molecule has 2 atom stereocenters. The monoisotopic (exact) mass is 1080 g/mol. The largest absolute Gasteiger partial charge is 0.477 e. The number of esters is 2. The minimum atomic E-state index is -1.52. The number of nitrogens with zero attached hydrogens (tertiary/aromatic N) is 1. The van der Waals surface area contributed by atoms with Crippen LogP contribution in [0, 0.1) is 0 Å². The maximum absolute atomic E-state index is 12.9. The van der Waals surface area contributed by atoms with Gasteiger partial charge in [-0.25, -0.2) is 4.79 Å². The topological polar surface area (TPSA) is 108 Å². The van der Waals surface area contributed by atoms with Crippen LogP contribution in [0.4, 0.5) is 0 Å². The predicted octanol–water partition coefficient (Wildman–Crippen LogP) is 19.1. The van der Waals surface area contributed by atoms with Gasteiger partial charge in [-0.2, -0.15) is 0 Å². The zero-order chi connectivity index (χ0) is 56.2. The van der Waals surface area contributed by atoms with Gasteiger partial charge in [-0.05, 0) is 89.9 Å². The number of ether oxygens (including phenoxy) is 4. The highest BCUT2D eigenvalue weighted by Gasteiger charge is 2.25. The first-order chi connectivity index (χ1) is 37.6. The lowest BCUT2D eigenvalue weighted by atomic mass is 10.0. The van der Waals surface area contributed by atoms with Crippen LogP contribution in [0.15, 0.2) is 85.1 Å². The lowest BCUT2D eigenvalue weighted by molar-refractivity contribution is -0.870. The molecule has 0 heterocycles. The number of aliphatic carboxylic acids is 1. The van der Waals surface area contributed by atoms with Gasteiger partial charge in [0.05, 0.1) is 34.4 Å². The summed E-state index contributed by atoms with van der Waals surface area (Å²) in [5.41, 5.74) is 0. The van der Waals surface area contributed by atoms with Gasteiger partial charge < -0.3 is 28.5 Å². The first-order valence-electron chi connectivity index (χ1n) is 31.8. The van der Waals surface area contributed by atoms with E-state index in [0.29, 0.717) is 23.9 Å². The maximum Gasteiger partial charge on any atom is 0.361 e. The third kappa shape index (κ3) is 60.0. The first kappa shape index (κ1) is 73.5. The van der Waals surface area contributed by atoms with E-state index in [1.807, 2.05) is 21.1 Å². The van der Waals surface area contributed by atoms with E-state index in [9.17, 15) is 19.5 Å². The molecule has 1 N–H and O–H groups in total. The Morgan fingerprint density at radius 1 is 0.403 bits per heavy atom. The van der Waals surface area contributed by atoms with Crippen LogP contribution in [0.3, 0.4) is 0 Å². The van der Waals surface area contributed by atoms with Crippen LogP contribution in [0.2, 0.25) is 0 Å². The number of hydrogen-bond donors (Lipinski definition) is 1. The fourth-order valence-electron chi connectivity index (χ4n) is 8.78. The number of carboxylic acid groups (broad SMARTS) is 1. The molecular formula is C68H120NO8+. The number of carbonyl (C=O) groups excluding carboxylic acids is 2. The second kappa shape index (κ2) is 58.6. The molecule has 444 valence electrons. The van der Waals surface area contributed by atoms with Crippen molar-refractivity contribution in [1.82, 2.24) is 0 Å². The third-order valence-electron chi connectivity index (χ3n) is 13.6. The quantitative estimate of drug-likeness (QED) is 0.0211. The maximum atomic E-state index is 12.9. The Hall–Kier alpha value is -3.53. The summed E-state index contributed by atoms with van der Waals surface area (Å²) in [5, 5.41) is 9.72. The minimum Gasteiger partial charge on any atom is -0.477 e. The molecule has 2 unspecified atom stereocenters. The number of rotatable bonds is 58. The molecule has 9 nitrogen and oxygen atoms in total. The van der Waals surface area contributed by atoms with Gasteiger partial charge in [0.1, 0.15) is 13.2 Å². The zero-order valence-electron chi connectivity index (χ0n) is 50.6. The molecule has 0 aliphatic heterocycles. The molecule has 77 heavy (non-hydrogen) atoms. The number of likely N-dealkylation sites (N-methyl/N-ethyl adjacent to an activating group) is 1. The Kier molecular flexibility index (Phi) is 55.9. The Morgan fingerprint density at radius 3 is 1.10 bits per heavy atom. The summed E-state index contributed by atoms with van der Waals surface area (Å²) < 4.78 is 22.9. The highest BCUT2D eigenvalue weighted by atomic mass is 16.7. The molecule has 0 aliphatic rings. The normalized spacial score (nSPS) is 13.3. The highest BCUT2D eigenvalue weighted by molar-refractivity contribution is 5.71. The van der Waals surface area contributed by atoms with Gasteiger partial charge in [-0.1, -0.05) is 253 Å². The van der Waals surface area contributed by atoms with Gasteiger partial charge in [0, 0.05) is 12.8 Å². The Labute approximate surface area is 474 Å². The molecule has 0 radical (unpaired) electrons. The molecule has 0 spiro atoms. The molecule has 9 heteroatoms. The summed E-state index contributed by atoms with van der Waals surface area (Å²) in [6.45, 7) is 4.75. The van der Waals surface area contributed by atoms with Crippen molar-refractivity contribution in [3.63, 3.8) is 0 Å². The minimum absolute atomic E-state index is 0.181. The van der Waals surface area contributed by atoms with E-state index in [1.54, 1.807) is 0 Å². The molecule has 0 aromatic heterocycles. The van der Waals surface area contributed by atoms with Crippen molar-refractivity contribution in [2.24, 2.45) is 0 Å². The molecular weight excluding hydrogens is 959 g/mol. The number of allylic oxidation sites excluding steroid dienone is 14. The molecule has 0 rings (SSSR count). The van der Waals surface area contributed by atoms with E-state index in [1.165, 1.54) is 148 Å². The lowest BCUT2D eigenvalue weighted by Crippen LogP contribution is -2.40. The van der Waals surface area contributed by atoms with E-state index >= 15 is 0 Å². The average molecular weight is 1080 g/mol. The lowest BCUT2D eigenvalue weighted by Gasteiger charge is -2.25. The molecule has 0 saturated carbocycles. The van der Waals surface area contributed by atoms with Crippen LogP contribution in [0.5, 0.6) is 0 Å². The third-order valence-corrected chi connectivity index (χ3v) is 13.6.